The highest BCUT2D eigenvalue weighted by Crippen LogP contribution is 2.38. The molecule has 64 valence electrons. The molecule has 2 heteroatoms. The van der Waals surface area contributed by atoms with Crippen LogP contribution in [0.1, 0.15) is 25.3 Å². The smallest absolute Gasteiger partial charge is 0.123 e. The predicted molar refractivity (Wildman–Crippen MR) is 49.4 cm³/mol. The minimum absolute atomic E-state index is 0.279. The molecule has 0 bridgehead atoms. The van der Waals surface area contributed by atoms with E-state index in [1.54, 1.807) is 0 Å². The van der Waals surface area contributed by atoms with Gasteiger partial charge in [-0.3, -0.25) is 0 Å². The maximum absolute atomic E-state index is 5.68. The van der Waals surface area contributed by atoms with Crippen molar-refractivity contribution in [2.24, 2.45) is 0 Å². The largest absolute Gasteiger partial charge is 0.490 e. The molecule has 2 N–H and O–H groups in total. The quantitative estimate of drug-likeness (QED) is 0.595. The number of hydrogen-bond acceptors (Lipinski definition) is 2. The fourth-order valence-electron chi connectivity index (χ4n) is 1.59. The van der Waals surface area contributed by atoms with Crippen molar-refractivity contribution in [1.29, 1.82) is 0 Å². The van der Waals surface area contributed by atoms with E-state index in [1.807, 2.05) is 18.2 Å². The van der Waals surface area contributed by atoms with Crippen molar-refractivity contribution in [3.8, 4) is 5.75 Å². The zero-order valence-corrected chi connectivity index (χ0v) is 7.37. The van der Waals surface area contributed by atoms with Crippen molar-refractivity contribution in [3.05, 3.63) is 23.8 Å². The third kappa shape index (κ3) is 0.951. The Hall–Kier alpha value is -1.18. The first-order valence-electron chi connectivity index (χ1n) is 4.24. The first-order valence-corrected chi connectivity index (χ1v) is 4.24. The Kier molecular flexibility index (Phi) is 1.50. The van der Waals surface area contributed by atoms with Crippen LogP contribution in [0.4, 0.5) is 5.69 Å². The molecule has 1 aromatic rings. The van der Waals surface area contributed by atoms with Crippen LogP contribution in [0.5, 0.6) is 5.75 Å². The number of rotatable bonds is 0. The van der Waals surface area contributed by atoms with Crippen LogP contribution in [0.3, 0.4) is 0 Å². The van der Waals surface area contributed by atoms with E-state index in [1.165, 1.54) is 5.56 Å². The Morgan fingerprint density at radius 3 is 2.83 bits per heavy atom. The van der Waals surface area contributed by atoms with Crippen molar-refractivity contribution >= 4 is 5.69 Å². The summed E-state index contributed by atoms with van der Waals surface area (Å²) in [4.78, 5) is 0. The number of hydrogen-bond donors (Lipinski definition) is 1. The van der Waals surface area contributed by atoms with Crippen molar-refractivity contribution in [1.82, 2.24) is 0 Å². The van der Waals surface area contributed by atoms with E-state index in [-0.39, 0.29) is 6.10 Å². The van der Waals surface area contributed by atoms with Gasteiger partial charge in [-0.2, -0.15) is 0 Å². The Bertz CT molecular complexity index is 309. The molecule has 2 rings (SSSR count). The summed E-state index contributed by atoms with van der Waals surface area (Å²) in [6.07, 6.45) is 0.279. The van der Waals surface area contributed by atoms with Crippen LogP contribution >= 0.6 is 0 Å². The third-order valence-corrected chi connectivity index (χ3v) is 2.54. The highest BCUT2D eigenvalue weighted by molar-refractivity contribution is 5.51. The van der Waals surface area contributed by atoms with Gasteiger partial charge in [-0.25, -0.2) is 0 Å². The molecule has 0 spiro atoms. The van der Waals surface area contributed by atoms with E-state index in [4.69, 9.17) is 10.5 Å². The summed E-state index contributed by atoms with van der Waals surface area (Å²) >= 11 is 0. The fourth-order valence-corrected chi connectivity index (χ4v) is 1.59. The average Bonchev–Trinajstić information content (AvgIpc) is 2.31. The summed E-state index contributed by atoms with van der Waals surface area (Å²) in [7, 11) is 0. The van der Waals surface area contributed by atoms with E-state index in [0.717, 1.165) is 11.4 Å². The lowest BCUT2D eigenvalue weighted by atomic mass is 9.98. The highest BCUT2D eigenvalue weighted by atomic mass is 16.5. The van der Waals surface area contributed by atoms with Gasteiger partial charge in [0.25, 0.3) is 0 Å². The van der Waals surface area contributed by atoms with E-state index in [2.05, 4.69) is 13.8 Å². The Morgan fingerprint density at radius 2 is 2.08 bits per heavy atom. The van der Waals surface area contributed by atoms with Gasteiger partial charge < -0.3 is 10.5 Å². The van der Waals surface area contributed by atoms with E-state index in [9.17, 15) is 0 Å². The zero-order chi connectivity index (χ0) is 8.72. The van der Waals surface area contributed by atoms with Gasteiger partial charge >= 0.3 is 0 Å². The summed E-state index contributed by atoms with van der Waals surface area (Å²) in [6, 6.07) is 5.83. The Balaban J connectivity index is 2.48. The van der Waals surface area contributed by atoms with Gasteiger partial charge in [-0.1, -0.05) is 6.92 Å². The zero-order valence-electron chi connectivity index (χ0n) is 7.37. The molecule has 2 atom stereocenters. The van der Waals surface area contributed by atoms with Crippen LogP contribution in [0, 0.1) is 0 Å². The molecule has 2 nitrogen and oxygen atoms in total. The van der Waals surface area contributed by atoms with Crippen LogP contribution in [0.15, 0.2) is 18.2 Å². The minimum atomic E-state index is 0.279. The summed E-state index contributed by atoms with van der Waals surface area (Å²) < 4.78 is 5.62. The summed E-state index contributed by atoms with van der Waals surface area (Å²) in [5.41, 5.74) is 7.74. The lowest BCUT2D eigenvalue weighted by molar-refractivity contribution is 0.232. The van der Waals surface area contributed by atoms with Crippen molar-refractivity contribution in [3.63, 3.8) is 0 Å². The summed E-state index contributed by atoms with van der Waals surface area (Å²) in [6.45, 7) is 4.25. The average molecular weight is 163 g/mol. The molecule has 0 saturated heterocycles. The van der Waals surface area contributed by atoms with Crippen LogP contribution in [0.2, 0.25) is 0 Å². The summed E-state index contributed by atoms with van der Waals surface area (Å²) in [5.74, 6) is 1.45. The molecule has 1 heterocycles. The molecule has 0 aliphatic carbocycles. The number of benzene rings is 1. The maximum atomic E-state index is 5.68. The van der Waals surface area contributed by atoms with E-state index < -0.39 is 0 Å². The second kappa shape index (κ2) is 2.41. The first kappa shape index (κ1) is 7.47. The van der Waals surface area contributed by atoms with Crippen LogP contribution in [0.25, 0.3) is 0 Å². The molecule has 0 amide bonds. The molecule has 0 aromatic heterocycles. The predicted octanol–water partition coefficient (Wildman–Crippen LogP) is 2.15. The minimum Gasteiger partial charge on any atom is -0.490 e. The monoisotopic (exact) mass is 163 g/mol. The van der Waals surface area contributed by atoms with Crippen molar-refractivity contribution in [2.45, 2.75) is 25.9 Å². The van der Waals surface area contributed by atoms with Crippen molar-refractivity contribution < 1.29 is 4.74 Å². The van der Waals surface area contributed by atoms with Gasteiger partial charge in [-0.15, -0.1) is 0 Å². The standard InChI is InChI=1S/C10H13NO/c1-6-7(2)12-10-4-3-8(11)5-9(6)10/h3-7H,11H2,1-2H3. The van der Waals surface area contributed by atoms with Crippen LogP contribution < -0.4 is 10.5 Å². The fraction of sp³-hybridized carbons (Fsp3) is 0.400. The molecule has 0 radical (unpaired) electrons. The van der Waals surface area contributed by atoms with Crippen LogP contribution in [-0.2, 0) is 0 Å². The van der Waals surface area contributed by atoms with E-state index >= 15 is 0 Å². The van der Waals surface area contributed by atoms with Gasteiger partial charge in [0.15, 0.2) is 0 Å². The number of ether oxygens (including phenoxy) is 1. The maximum Gasteiger partial charge on any atom is 0.123 e. The lowest BCUT2D eigenvalue weighted by Gasteiger charge is -2.07. The number of nitrogens with two attached hydrogens (primary N) is 1. The highest BCUT2D eigenvalue weighted by Gasteiger charge is 2.26. The Labute approximate surface area is 72.3 Å². The molecule has 1 aliphatic heterocycles. The van der Waals surface area contributed by atoms with Gasteiger partial charge in [0.1, 0.15) is 11.9 Å². The molecule has 1 aromatic carbocycles. The van der Waals surface area contributed by atoms with Crippen LogP contribution in [-0.4, -0.2) is 6.10 Å². The number of fused-ring (bicyclic) bond motifs is 1. The molecule has 2 unspecified atom stereocenters. The first-order chi connectivity index (χ1) is 5.68. The third-order valence-electron chi connectivity index (χ3n) is 2.54. The van der Waals surface area contributed by atoms with Gasteiger partial charge in [0, 0.05) is 17.2 Å². The van der Waals surface area contributed by atoms with Gasteiger partial charge in [0.2, 0.25) is 0 Å². The molecule has 0 fully saturated rings. The van der Waals surface area contributed by atoms with E-state index in [0.29, 0.717) is 5.92 Å². The molecule has 12 heavy (non-hydrogen) atoms. The topological polar surface area (TPSA) is 35.2 Å². The molecule has 0 saturated carbocycles. The molecular weight excluding hydrogens is 150 g/mol. The molecule has 1 aliphatic rings. The van der Waals surface area contributed by atoms with Crippen molar-refractivity contribution in [2.75, 3.05) is 5.73 Å². The van der Waals surface area contributed by atoms with Gasteiger partial charge in [0.05, 0.1) is 0 Å². The Morgan fingerprint density at radius 1 is 1.33 bits per heavy atom. The summed E-state index contributed by atoms with van der Waals surface area (Å²) in [5, 5.41) is 0. The van der Waals surface area contributed by atoms with Gasteiger partial charge in [-0.05, 0) is 25.1 Å². The lowest BCUT2D eigenvalue weighted by Crippen LogP contribution is -2.10. The number of anilines is 1. The SMILES string of the molecule is CC1Oc2ccc(N)cc2C1C. The second-order valence-corrected chi connectivity index (χ2v) is 3.41. The second-order valence-electron chi connectivity index (χ2n) is 3.41. The normalized spacial score (nSPS) is 26.5. The number of nitrogen functional groups attached to an aromatic ring is 1. The molecular formula is C10H13NO.